The number of piperidine rings is 1. The monoisotopic (exact) mass is 333 g/mol. The quantitative estimate of drug-likeness (QED) is 0.868. The van der Waals surface area contributed by atoms with Gasteiger partial charge in [-0.15, -0.1) is 0 Å². The van der Waals surface area contributed by atoms with E-state index >= 15 is 0 Å². The maximum Gasteiger partial charge on any atom is 0.319 e. The number of hydrogen-bond acceptors (Lipinski definition) is 4. The van der Waals surface area contributed by atoms with Gasteiger partial charge in [-0.1, -0.05) is 12.1 Å². The fourth-order valence-electron chi connectivity index (χ4n) is 3.48. The first kappa shape index (κ1) is 17.0. The summed E-state index contributed by atoms with van der Waals surface area (Å²) in [4.78, 5) is 14.6. The lowest BCUT2D eigenvalue weighted by molar-refractivity contribution is 0.110. The fraction of sp³-hybridized carbons (Fsp3) is 0.611. The van der Waals surface area contributed by atoms with Crippen LogP contribution in [0.1, 0.15) is 19.3 Å². The third-order valence-electron chi connectivity index (χ3n) is 4.98. The summed E-state index contributed by atoms with van der Waals surface area (Å²) in [6.07, 6.45) is 3.42. The number of anilines is 1. The minimum atomic E-state index is -0.175. The SMILES string of the molecule is COc1ccccc1NC(=O)NCC1CCN([C@@H]2CCOC2)CC1. The summed E-state index contributed by atoms with van der Waals surface area (Å²) in [7, 11) is 1.60. The molecule has 0 unspecified atom stereocenters. The number of nitrogens with zero attached hydrogens (tertiary/aromatic N) is 1. The Kier molecular flexibility index (Phi) is 5.93. The van der Waals surface area contributed by atoms with E-state index in [1.165, 1.54) is 0 Å². The third-order valence-corrected chi connectivity index (χ3v) is 4.98. The molecule has 0 spiro atoms. The Morgan fingerprint density at radius 3 is 2.79 bits per heavy atom. The summed E-state index contributed by atoms with van der Waals surface area (Å²) in [5.74, 6) is 1.21. The van der Waals surface area contributed by atoms with E-state index in [1.54, 1.807) is 7.11 Å². The van der Waals surface area contributed by atoms with Gasteiger partial charge in [-0.3, -0.25) is 4.90 Å². The van der Waals surface area contributed by atoms with Gasteiger partial charge in [0.15, 0.2) is 0 Å². The maximum absolute atomic E-state index is 12.1. The first-order valence-electron chi connectivity index (χ1n) is 8.76. The van der Waals surface area contributed by atoms with Gasteiger partial charge >= 0.3 is 6.03 Å². The van der Waals surface area contributed by atoms with Gasteiger partial charge in [-0.05, 0) is 50.4 Å². The number of methoxy groups -OCH3 is 1. The number of carbonyl (C=O) groups excluding carboxylic acids is 1. The number of hydrogen-bond donors (Lipinski definition) is 2. The molecule has 2 amide bonds. The van der Waals surface area contributed by atoms with Crippen molar-refractivity contribution in [3.63, 3.8) is 0 Å². The Hall–Kier alpha value is -1.79. The zero-order valence-corrected chi connectivity index (χ0v) is 14.3. The van der Waals surface area contributed by atoms with Gasteiger partial charge in [-0.25, -0.2) is 4.79 Å². The number of carbonyl (C=O) groups is 1. The van der Waals surface area contributed by atoms with Gasteiger partial charge < -0.3 is 20.1 Å². The molecular formula is C18H27N3O3. The molecule has 2 N–H and O–H groups in total. The first-order valence-corrected chi connectivity index (χ1v) is 8.76. The zero-order valence-electron chi connectivity index (χ0n) is 14.3. The van der Waals surface area contributed by atoms with E-state index in [1.807, 2.05) is 24.3 Å². The standard InChI is InChI=1S/C18H27N3O3/c1-23-17-5-3-2-4-16(17)20-18(22)19-12-14-6-9-21(10-7-14)15-8-11-24-13-15/h2-5,14-15H,6-13H2,1H3,(H2,19,20,22)/t15-/m1/s1. The van der Waals surface area contributed by atoms with E-state index < -0.39 is 0 Å². The van der Waals surface area contributed by atoms with Gasteiger partial charge in [0.1, 0.15) is 5.75 Å². The van der Waals surface area contributed by atoms with Gasteiger partial charge in [0.2, 0.25) is 0 Å². The van der Waals surface area contributed by atoms with Crippen molar-refractivity contribution in [1.29, 1.82) is 0 Å². The van der Waals surface area contributed by atoms with E-state index in [9.17, 15) is 4.79 Å². The lowest BCUT2D eigenvalue weighted by atomic mass is 9.95. The summed E-state index contributed by atoms with van der Waals surface area (Å²) < 4.78 is 10.7. The number of urea groups is 1. The van der Waals surface area contributed by atoms with Crippen molar-refractivity contribution < 1.29 is 14.3 Å². The molecule has 0 bridgehead atoms. The maximum atomic E-state index is 12.1. The van der Waals surface area contributed by atoms with Crippen LogP contribution in [0.3, 0.4) is 0 Å². The molecule has 2 saturated heterocycles. The Bertz CT molecular complexity index is 538. The van der Waals surface area contributed by atoms with Crippen LogP contribution in [0.15, 0.2) is 24.3 Å². The van der Waals surface area contributed by atoms with Crippen LogP contribution in [-0.2, 0) is 4.74 Å². The van der Waals surface area contributed by atoms with Crippen molar-refractivity contribution >= 4 is 11.7 Å². The van der Waals surface area contributed by atoms with Crippen LogP contribution in [0.4, 0.5) is 10.5 Å². The number of amides is 2. The second kappa shape index (κ2) is 8.35. The Morgan fingerprint density at radius 2 is 2.08 bits per heavy atom. The summed E-state index contributed by atoms with van der Waals surface area (Å²) in [5.41, 5.74) is 0.688. The molecule has 0 radical (unpaired) electrons. The summed E-state index contributed by atoms with van der Waals surface area (Å²) >= 11 is 0. The highest BCUT2D eigenvalue weighted by molar-refractivity contribution is 5.90. The van der Waals surface area contributed by atoms with Crippen molar-refractivity contribution in [2.24, 2.45) is 5.92 Å². The molecule has 1 atom stereocenters. The summed E-state index contributed by atoms with van der Waals surface area (Å²) in [6, 6.07) is 7.85. The van der Waals surface area contributed by atoms with Gasteiger partial charge in [-0.2, -0.15) is 0 Å². The molecule has 2 aliphatic rings. The Labute approximate surface area is 143 Å². The van der Waals surface area contributed by atoms with E-state index in [4.69, 9.17) is 9.47 Å². The van der Waals surface area contributed by atoms with Crippen molar-refractivity contribution in [1.82, 2.24) is 10.2 Å². The van der Waals surface area contributed by atoms with Crippen molar-refractivity contribution in [3.05, 3.63) is 24.3 Å². The highest BCUT2D eigenvalue weighted by atomic mass is 16.5. The number of benzene rings is 1. The predicted molar refractivity (Wildman–Crippen MR) is 93.5 cm³/mol. The Balaban J connectivity index is 1.39. The second-order valence-electron chi connectivity index (χ2n) is 6.53. The molecule has 2 aliphatic heterocycles. The third kappa shape index (κ3) is 4.39. The topological polar surface area (TPSA) is 62.8 Å². The number of likely N-dealkylation sites (tertiary alicyclic amines) is 1. The number of nitrogens with one attached hydrogen (secondary N) is 2. The van der Waals surface area contributed by atoms with E-state index in [0.717, 1.165) is 52.1 Å². The number of ether oxygens (including phenoxy) is 2. The molecular weight excluding hydrogens is 306 g/mol. The molecule has 132 valence electrons. The minimum absolute atomic E-state index is 0.175. The van der Waals surface area contributed by atoms with Gasteiger partial charge in [0.05, 0.1) is 19.4 Å². The fourth-order valence-corrected chi connectivity index (χ4v) is 3.48. The molecule has 6 heteroatoms. The van der Waals surface area contributed by atoms with Crippen molar-refractivity contribution in [2.45, 2.75) is 25.3 Å². The average Bonchev–Trinajstić information content (AvgIpc) is 3.15. The van der Waals surface area contributed by atoms with Gasteiger partial charge in [0, 0.05) is 19.2 Å². The van der Waals surface area contributed by atoms with Crippen LogP contribution < -0.4 is 15.4 Å². The van der Waals surface area contributed by atoms with Crippen LogP contribution in [-0.4, -0.2) is 56.9 Å². The lowest BCUT2D eigenvalue weighted by Gasteiger charge is -2.35. The molecule has 0 aliphatic carbocycles. The number of para-hydroxylation sites is 2. The van der Waals surface area contributed by atoms with Crippen LogP contribution in [0.5, 0.6) is 5.75 Å². The average molecular weight is 333 g/mol. The molecule has 24 heavy (non-hydrogen) atoms. The highest BCUT2D eigenvalue weighted by Gasteiger charge is 2.27. The molecule has 0 saturated carbocycles. The molecule has 0 aromatic heterocycles. The van der Waals surface area contributed by atoms with Crippen LogP contribution in [0, 0.1) is 5.92 Å². The molecule has 6 nitrogen and oxygen atoms in total. The van der Waals surface area contributed by atoms with E-state index in [0.29, 0.717) is 23.4 Å². The Morgan fingerprint density at radius 1 is 1.29 bits per heavy atom. The molecule has 1 aromatic carbocycles. The van der Waals surface area contributed by atoms with Crippen LogP contribution in [0.25, 0.3) is 0 Å². The van der Waals surface area contributed by atoms with E-state index in [2.05, 4.69) is 15.5 Å². The molecule has 1 aromatic rings. The number of rotatable bonds is 5. The molecule has 2 heterocycles. The zero-order chi connectivity index (χ0) is 16.8. The van der Waals surface area contributed by atoms with Crippen molar-refractivity contribution in [2.75, 3.05) is 45.3 Å². The normalized spacial score (nSPS) is 22.3. The second-order valence-corrected chi connectivity index (χ2v) is 6.53. The van der Waals surface area contributed by atoms with Crippen LogP contribution in [0.2, 0.25) is 0 Å². The lowest BCUT2D eigenvalue weighted by Crippen LogP contribution is -2.44. The molecule has 3 rings (SSSR count). The smallest absolute Gasteiger partial charge is 0.319 e. The minimum Gasteiger partial charge on any atom is -0.495 e. The molecule has 2 fully saturated rings. The highest BCUT2D eigenvalue weighted by Crippen LogP contribution is 2.23. The van der Waals surface area contributed by atoms with E-state index in [-0.39, 0.29) is 6.03 Å². The van der Waals surface area contributed by atoms with Gasteiger partial charge in [0.25, 0.3) is 0 Å². The largest absolute Gasteiger partial charge is 0.495 e. The van der Waals surface area contributed by atoms with Crippen LogP contribution >= 0.6 is 0 Å². The summed E-state index contributed by atoms with van der Waals surface area (Å²) in [6.45, 7) is 4.71. The van der Waals surface area contributed by atoms with Crippen molar-refractivity contribution in [3.8, 4) is 5.75 Å². The predicted octanol–water partition coefficient (Wildman–Crippen LogP) is 2.32. The first-order chi connectivity index (χ1) is 11.8. The summed E-state index contributed by atoms with van der Waals surface area (Å²) in [5, 5.41) is 5.84.